The zero-order valence-corrected chi connectivity index (χ0v) is 12.8. The molecule has 0 saturated carbocycles. The highest BCUT2D eigenvalue weighted by atomic mass is 32.1. The minimum atomic E-state index is -0.290. The van der Waals surface area contributed by atoms with Gasteiger partial charge in [0.2, 0.25) is 0 Å². The highest BCUT2D eigenvalue weighted by molar-refractivity contribution is 7.13. The quantitative estimate of drug-likeness (QED) is 0.565. The average molecular weight is 325 g/mol. The summed E-state index contributed by atoms with van der Waals surface area (Å²) in [6, 6.07) is 12.3. The number of carbonyl (C=O) groups is 1. The normalized spacial score (nSPS) is 11.0. The van der Waals surface area contributed by atoms with E-state index in [2.05, 4.69) is 4.98 Å². The van der Waals surface area contributed by atoms with Gasteiger partial charge in [0.25, 0.3) is 0 Å². The van der Waals surface area contributed by atoms with Crippen LogP contribution in [0.4, 0.5) is 4.39 Å². The summed E-state index contributed by atoms with van der Waals surface area (Å²) in [5, 5.41) is 12.0. The third kappa shape index (κ3) is 3.70. The number of allylic oxidation sites excluding steroid dienone is 1. The van der Waals surface area contributed by atoms with Crippen molar-refractivity contribution in [3.63, 3.8) is 0 Å². The molecule has 0 bridgehead atoms. The van der Waals surface area contributed by atoms with E-state index < -0.39 is 0 Å². The summed E-state index contributed by atoms with van der Waals surface area (Å²) in [6.07, 6.45) is 3.04. The number of thiazole rings is 1. The molecule has 0 spiro atoms. The Labute approximate surface area is 136 Å². The van der Waals surface area contributed by atoms with Gasteiger partial charge < -0.3 is 5.11 Å². The van der Waals surface area contributed by atoms with E-state index in [0.29, 0.717) is 11.3 Å². The molecule has 0 aliphatic carbocycles. The predicted octanol–water partition coefficient (Wildman–Crippen LogP) is 4.55. The van der Waals surface area contributed by atoms with E-state index in [9.17, 15) is 14.3 Å². The number of phenols is 1. The lowest BCUT2D eigenvalue weighted by Gasteiger charge is -1.96. The van der Waals surface area contributed by atoms with Crippen LogP contribution in [0.5, 0.6) is 5.75 Å². The first-order valence-corrected chi connectivity index (χ1v) is 7.73. The van der Waals surface area contributed by atoms with Gasteiger partial charge in [-0.25, -0.2) is 9.37 Å². The van der Waals surface area contributed by atoms with Crippen molar-refractivity contribution >= 4 is 23.2 Å². The summed E-state index contributed by atoms with van der Waals surface area (Å²) < 4.78 is 12.9. The fourth-order valence-electron chi connectivity index (χ4n) is 2.00. The number of benzene rings is 2. The minimum absolute atomic E-state index is 0.0523. The maximum atomic E-state index is 12.9. The number of rotatable bonds is 4. The van der Waals surface area contributed by atoms with Crippen LogP contribution in [-0.4, -0.2) is 15.9 Å². The van der Waals surface area contributed by atoms with Crippen LogP contribution in [0.1, 0.15) is 16.1 Å². The van der Waals surface area contributed by atoms with E-state index in [1.165, 1.54) is 41.7 Å². The number of halogens is 1. The van der Waals surface area contributed by atoms with E-state index >= 15 is 0 Å². The highest BCUT2D eigenvalue weighted by Gasteiger charge is 2.05. The fourth-order valence-corrected chi connectivity index (χ4v) is 2.80. The van der Waals surface area contributed by atoms with Crippen LogP contribution in [0.25, 0.3) is 16.6 Å². The second-order valence-corrected chi connectivity index (χ2v) is 5.69. The van der Waals surface area contributed by atoms with Crippen molar-refractivity contribution in [2.75, 3.05) is 0 Å². The van der Waals surface area contributed by atoms with Gasteiger partial charge in [0.05, 0.1) is 5.69 Å². The second-order valence-electron chi connectivity index (χ2n) is 4.83. The SMILES string of the molecule is O=C(/C=C/c1csc(-c2ccc(F)cc2)n1)c1cccc(O)c1. The molecule has 0 saturated heterocycles. The zero-order valence-electron chi connectivity index (χ0n) is 11.9. The van der Waals surface area contributed by atoms with Gasteiger partial charge in [-0.2, -0.15) is 0 Å². The molecule has 3 rings (SSSR count). The van der Waals surface area contributed by atoms with Crippen molar-refractivity contribution in [2.24, 2.45) is 0 Å². The van der Waals surface area contributed by atoms with Crippen LogP contribution < -0.4 is 0 Å². The van der Waals surface area contributed by atoms with Gasteiger partial charge in [0.1, 0.15) is 16.6 Å². The lowest BCUT2D eigenvalue weighted by Crippen LogP contribution is -1.93. The number of phenolic OH excluding ortho intramolecular Hbond substituents is 1. The summed E-state index contributed by atoms with van der Waals surface area (Å²) in [5.74, 6) is -0.448. The second kappa shape index (κ2) is 6.54. The number of hydrogen-bond acceptors (Lipinski definition) is 4. The van der Waals surface area contributed by atoms with Gasteiger partial charge in [-0.05, 0) is 48.6 Å². The number of nitrogens with zero attached hydrogens (tertiary/aromatic N) is 1. The summed E-state index contributed by atoms with van der Waals surface area (Å²) in [5.41, 5.74) is 1.90. The smallest absolute Gasteiger partial charge is 0.186 e. The molecule has 3 aromatic rings. The third-order valence-electron chi connectivity index (χ3n) is 3.15. The van der Waals surface area contributed by atoms with Gasteiger partial charge in [-0.15, -0.1) is 11.3 Å². The molecular formula is C18H12FNO2S. The topological polar surface area (TPSA) is 50.2 Å². The Balaban J connectivity index is 1.76. The van der Waals surface area contributed by atoms with Crippen molar-refractivity contribution in [1.82, 2.24) is 4.98 Å². The molecule has 0 amide bonds. The Morgan fingerprint density at radius 2 is 1.96 bits per heavy atom. The molecule has 1 N–H and O–H groups in total. The molecule has 1 aromatic heterocycles. The van der Waals surface area contributed by atoms with Crippen LogP contribution in [-0.2, 0) is 0 Å². The van der Waals surface area contributed by atoms with Crippen molar-refractivity contribution in [3.05, 3.63) is 77.1 Å². The van der Waals surface area contributed by atoms with Gasteiger partial charge in [0, 0.05) is 16.5 Å². The molecule has 0 unspecified atom stereocenters. The summed E-state index contributed by atoms with van der Waals surface area (Å²) in [7, 11) is 0. The van der Waals surface area contributed by atoms with E-state index in [-0.39, 0.29) is 17.3 Å². The Hall–Kier alpha value is -2.79. The lowest BCUT2D eigenvalue weighted by molar-refractivity contribution is 0.104. The van der Waals surface area contributed by atoms with Crippen molar-refractivity contribution in [2.45, 2.75) is 0 Å². The van der Waals surface area contributed by atoms with E-state index in [4.69, 9.17) is 0 Å². The molecule has 3 nitrogen and oxygen atoms in total. The van der Waals surface area contributed by atoms with Gasteiger partial charge in [-0.1, -0.05) is 12.1 Å². The summed E-state index contributed by atoms with van der Waals surface area (Å²) in [4.78, 5) is 16.4. The molecule has 0 aliphatic rings. The number of aromatic nitrogens is 1. The Morgan fingerprint density at radius 3 is 2.70 bits per heavy atom. The molecule has 0 atom stereocenters. The van der Waals surface area contributed by atoms with Crippen LogP contribution in [0.15, 0.2) is 60.0 Å². The number of hydrogen-bond donors (Lipinski definition) is 1. The molecule has 0 fully saturated rings. The maximum Gasteiger partial charge on any atom is 0.186 e. The molecule has 23 heavy (non-hydrogen) atoms. The fraction of sp³-hybridized carbons (Fsp3) is 0. The average Bonchev–Trinajstić information content (AvgIpc) is 3.02. The highest BCUT2D eigenvalue weighted by Crippen LogP contribution is 2.24. The largest absolute Gasteiger partial charge is 0.508 e. The summed E-state index contributed by atoms with van der Waals surface area (Å²) in [6.45, 7) is 0. The zero-order chi connectivity index (χ0) is 16.2. The van der Waals surface area contributed by atoms with Gasteiger partial charge in [-0.3, -0.25) is 4.79 Å². The van der Waals surface area contributed by atoms with Crippen molar-refractivity contribution in [1.29, 1.82) is 0 Å². The standard InChI is InChI=1S/C18H12FNO2S/c19-14-6-4-12(5-7-14)18-20-15(11-23-18)8-9-17(22)13-2-1-3-16(21)10-13/h1-11,21H/b9-8+. The van der Waals surface area contributed by atoms with E-state index in [1.54, 1.807) is 30.3 Å². The first-order valence-electron chi connectivity index (χ1n) is 6.85. The number of aromatic hydroxyl groups is 1. The molecule has 0 radical (unpaired) electrons. The van der Waals surface area contributed by atoms with E-state index in [1.807, 2.05) is 5.38 Å². The molecule has 0 aliphatic heterocycles. The first kappa shape index (κ1) is 15.1. The Kier molecular flexibility index (Phi) is 4.30. The van der Waals surface area contributed by atoms with Crippen LogP contribution >= 0.6 is 11.3 Å². The first-order chi connectivity index (χ1) is 11.1. The predicted molar refractivity (Wildman–Crippen MR) is 89.0 cm³/mol. The van der Waals surface area contributed by atoms with Crippen molar-refractivity contribution in [3.8, 4) is 16.3 Å². The monoisotopic (exact) mass is 325 g/mol. The summed E-state index contributed by atoms with van der Waals surface area (Å²) >= 11 is 1.42. The third-order valence-corrected chi connectivity index (χ3v) is 4.06. The van der Waals surface area contributed by atoms with Crippen LogP contribution in [0, 0.1) is 5.82 Å². The lowest BCUT2D eigenvalue weighted by atomic mass is 10.1. The molecule has 114 valence electrons. The number of ketones is 1. The van der Waals surface area contributed by atoms with Crippen LogP contribution in [0.3, 0.4) is 0 Å². The molecule has 2 aromatic carbocycles. The molecule has 1 heterocycles. The Morgan fingerprint density at radius 1 is 1.17 bits per heavy atom. The van der Waals surface area contributed by atoms with Gasteiger partial charge >= 0.3 is 0 Å². The van der Waals surface area contributed by atoms with E-state index in [0.717, 1.165) is 10.6 Å². The molecule has 5 heteroatoms. The van der Waals surface area contributed by atoms with Gasteiger partial charge in [0.15, 0.2) is 5.78 Å². The molecular weight excluding hydrogens is 313 g/mol. The maximum absolute atomic E-state index is 12.9. The minimum Gasteiger partial charge on any atom is -0.508 e. The van der Waals surface area contributed by atoms with Crippen LogP contribution in [0.2, 0.25) is 0 Å². The Bertz CT molecular complexity index is 869. The van der Waals surface area contributed by atoms with Crippen molar-refractivity contribution < 1.29 is 14.3 Å². The number of carbonyl (C=O) groups excluding carboxylic acids is 1.